The SMILES string of the molecule is C#CC1(O)CC[C@H]2[C@@H]3CCC4=CC(=O)CC[C@@H]4[C@H]3C(CC)C[C@@H]21. The van der Waals surface area contributed by atoms with Crippen molar-refractivity contribution in [1.29, 1.82) is 0 Å². The molecule has 2 heteroatoms. The number of hydrogen-bond acceptors (Lipinski definition) is 2. The van der Waals surface area contributed by atoms with Crippen LogP contribution in [0.25, 0.3) is 0 Å². The third-order valence-electron chi connectivity index (χ3n) is 7.66. The van der Waals surface area contributed by atoms with Gasteiger partial charge in [0.1, 0.15) is 5.60 Å². The van der Waals surface area contributed by atoms with Crippen molar-refractivity contribution in [3.05, 3.63) is 11.6 Å². The maximum Gasteiger partial charge on any atom is 0.155 e. The fourth-order valence-electron chi connectivity index (χ4n) is 6.68. The van der Waals surface area contributed by atoms with E-state index in [1.807, 2.05) is 6.08 Å². The van der Waals surface area contributed by atoms with E-state index >= 15 is 0 Å². The summed E-state index contributed by atoms with van der Waals surface area (Å²) in [5.41, 5.74) is 0.575. The summed E-state index contributed by atoms with van der Waals surface area (Å²) in [5.74, 6) is 6.67. The molecule has 0 bridgehead atoms. The Kier molecular flexibility index (Phi) is 3.69. The number of rotatable bonds is 1. The lowest BCUT2D eigenvalue weighted by atomic mass is 9.51. The van der Waals surface area contributed by atoms with Gasteiger partial charge >= 0.3 is 0 Å². The number of hydrogen-bond donors (Lipinski definition) is 1. The van der Waals surface area contributed by atoms with Gasteiger partial charge in [0.2, 0.25) is 0 Å². The fraction of sp³-hybridized carbons (Fsp3) is 0.762. The van der Waals surface area contributed by atoms with Crippen LogP contribution in [0.1, 0.15) is 58.3 Å². The van der Waals surface area contributed by atoms with Gasteiger partial charge in [0.25, 0.3) is 0 Å². The summed E-state index contributed by atoms with van der Waals surface area (Å²) in [6, 6.07) is 0. The number of carbonyl (C=O) groups excluding carboxylic acids is 1. The zero-order chi connectivity index (χ0) is 16.2. The topological polar surface area (TPSA) is 37.3 Å². The van der Waals surface area contributed by atoms with Crippen LogP contribution in [-0.4, -0.2) is 16.5 Å². The van der Waals surface area contributed by atoms with Gasteiger partial charge in [-0.3, -0.25) is 4.79 Å². The molecule has 3 saturated carbocycles. The van der Waals surface area contributed by atoms with E-state index in [-0.39, 0.29) is 0 Å². The molecular weight excluding hydrogens is 284 g/mol. The summed E-state index contributed by atoms with van der Waals surface area (Å²) < 4.78 is 0. The molecule has 3 fully saturated rings. The van der Waals surface area contributed by atoms with Gasteiger partial charge in [-0.15, -0.1) is 6.42 Å². The molecule has 4 aliphatic rings. The van der Waals surface area contributed by atoms with Crippen LogP contribution in [0.15, 0.2) is 11.6 Å². The molecule has 0 aromatic carbocycles. The van der Waals surface area contributed by atoms with Crippen LogP contribution < -0.4 is 0 Å². The van der Waals surface area contributed by atoms with Crippen molar-refractivity contribution in [3.8, 4) is 12.3 Å². The lowest BCUT2D eigenvalue weighted by molar-refractivity contribution is -0.116. The fourth-order valence-corrected chi connectivity index (χ4v) is 6.68. The van der Waals surface area contributed by atoms with Crippen LogP contribution in [0.2, 0.25) is 0 Å². The number of aliphatic hydroxyl groups is 1. The Balaban J connectivity index is 1.68. The second-order valence-corrected chi connectivity index (χ2v) is 8.39. The van der Waals surface area contributed by atoms with Gasteiger partial charge in [-0.2, -0.15) is 0 Å². The highest BCUT2D eigenvalue weighted by Crippen LogP contribution is 2.61. The van der Waals surface area contributed by atoms with Gasteiger partial charge in [-0.25, -0.2) is 0 Å². The Hall–Kier alpha value is -1.07. The molecule has 0 aromatic heterocycles. The minimum Gasteiger partial charge on any atom is -0.377 e. The molecule has 1 N–H and O–H groups in total. The molecule has 0 aliphatic heterocycles. The van der Waals surface area contributed by atoms with E-state index in [1.54, 1.807) is 0 Å². The predicted molar refractivity (Wildman–Crippen MR) is 90.4 cm³/mol. The zero-order valence-corrected chi connectivity index (χ0v) is 14.1. The Morgan fingerprint density at radius 3 is 2.87 bits per heavy atom. The summed E-state index contributed by atoms with van der Waals surface area (Å²) in [6.45, 7) is 2.29. The van der Waals surface area contributed by atoms with Gasteiger partial charge in [-0.05, 0) is 74.2 Å². The number of terminal acetylenes is 1. The molecule has 4 rings (SSSR count). The first-order valence-electron chi connectivity index (χ1n) is 9.51. The van der Waals surface area contributed by atoms with Gasteiger partial charge in [0.15, 0.2) is 5.78 Å². The Bertz CT molecular complexity index is 583. The summed E-state index contributed by atoms with van der Waals surface area (Å²) in [7, 11) is 0. The van der Waals surface area contributed by atoms with E-state index in [2.05, 4.69) is 12.8 Å². The minimum atomic E-state index is -0.859. The predicted octanol–water partition coefficient (Wildman–Crippen LogP) is 3.74. The van der Waals surface area contributed by atoms with E-state index in [4.69, 9.17) is 6.42 Å². The average molecular weight is 312 g/mol. The van der Waals surface area contributed by atoms with Crippen LogP contribution in [0, 0.1) is 47.9 Å². The standard InChI is InChI=1S/C21H28O2/c1-3-13-12-19-17(9-10-21(19,23)4-2)18-7-5-14-11-15(22)6-8-16(14)20(13)18/h2,11,13,16-20,23H,3,5-10,12H2,1H3/t13?,16-,17-,18-,19-,20+,21?/m0/s1. The first-order chi connectivity index (χ1) is 11.1. The van der Waals surface area contributed by atoms with Crippen molar-refractivity contribution < 1.29 is 9.90 Å². The highest BCUT2D eigenvalue weighted by Gasteiger charge is 2.57. The maximum absolute atomic E-state index is 11.8. The molecule has 7 atom stereocenters. The second kappa shape index (κ2) is 5.49. The second-order valence-electron chi connectivity index (χ2n) is 8.39. The van der Waals surface area contributed by atoms with E-state index in [0.29, 0.717) is 35.4 Å². The Labute approximate surface area is 139 Å². The molecule has 2 unspecified atom stereocenters. The Morgan fingerprint density at radius 2 is 2.13 bits per heavy atom. The monoisotopic (exact) mass is 312 g/mol. The lowest BCUT2D eigenvalue weighted by Gasteiger charge is -2.53. The number of fused-ring (bicyclic) bond motifs is 5. The first kappa shape index (κ1) is 15.5. The smallest absolute Gasteiger partial charge is 0.155 e. The summed E-state index contributed by atoms with van der Waals surface area (Å²) in [4.78, 5) is 11.8. The minimum absolute atomic E-state index is 0.300. The number of allylic oxidation sites excluding steroid dienone is 1. The largest absolute Gasteiger partial charge is 0.377 e. The van der Waals surface area contributed by atoms with Crippen molar-refractivity contribution in [2.75, 3.05) is 0 Å². The molecule has 4 aliphatic carbocycles. The molecule has 0 saturated heterocycles. The molecule has 23 heavy (non-hydrogen) atoms. The molecule has 0 heterocycles. The Morgan fingerprint density at radius 1 is 1.30 bits per heavy atom. The van der Waals surface area contributed by atoms with E-state index in [0.717, 1.165) is 44.4 Å². The van der Waals surface area contributed by atoms with E-state index in [1.165, 1.54) is 18.4 Å². The van der Waals surface area contributed by atoms with Crippen molar-refractivity contribution in [2.45, 2.75) is 63.9 Å². The molecule has 0 spiro atoms. The van der Waals surface area contributed by atoms with Crippen LogP contribution >= 0.6 is 0 Å². The highest BCUT2D eigenvalue weighted by molar-refractivity contribution is 5.91. The molecule has 124 valence electrons. The molecule has 0 amide bonds. The van der Waals surface area contributed by atoms with Crippen LogP contribution in [-0.2, 0) is 4.79 Å². The first-order valence-corrected chi connectivity index (χ1v) is 9.51. The van der Waals surface area contributed by atoms with Gasteiger partial charge in [0, 0.05) is 12.3 Å². The average Bonchev–Trinajstić information content (AvgIpc) is 2.91. The van der Waals surface area contributed by atoms with Crippen molar-refractivity contribution in [3.63, 3.8) is 0 Å². The van der Waals surface area contributed by atoms with Crippen LogP contribution in [0.3, 0.4) is 0 Å². The molecule has 2 nitrogen and oxygen atoms in total. The van der Waals surface area contributed by atoms with Crippen LogP contribution in [0.4, 0.5) is 0 Å². The zero-order valence-electron chi connectivity index (χ0n) is 14.1. The van der Waals surface area contributed by atoms with Gasteiger partial charge in [0.05, 0.1) is 0 Å². The quantitative estimate of drug-likeness (QED) is 0.749. The van der Waals surface area contributed by atoms with E-state index < -0.39 is 5.60 Å². The third-order valence-corrected chi connectivity index (χ3v) is 7.66. The third kappa shape index (κ3) is 2.23. The summed E-state index contributed by atoms with van der Waals surface area (Å²) in [5, 5.41) is 10.9. The normalized spacial score (nSPS) is 48.7. The maximum atomic E-state index is 11.8. The molecule has 0 aromatic rings. The number of carbonyl (C=O) groups is 1. The van der Waals surface area contributed by atoms with Gasteiger partial charge < -0.3 is 5.11 Å². The summed E-state index contributed by atoms with van der Waals surface area (Å²) in [6.07, 6.45) is 15.9. The summed E-state index contributed by atoms with van der Waals surface area (Å²) >= 11 is 0. The number of ketones is 1. The van der Waals surface area contributed by atoms with Crippen LogP contribution in [0.5, 0.6) is 0 Å². The lowest BCUT2D eigenvalue weighted by Crippen LogP contribution is -2.49. The van der Waals surface area contributed by atoms with Crippen molar-refractivity contribution in [1.82, 2.24) is 0 Å². The highest BCUT2D eigenvalue weighted by atomic mass is 16.3. The van der Waals surface area contributed by atoms with Crippen molar-refractivity contribution >= 4 is 5.78 Å². The molecular formula is C21H28O2. The van der Waals surface area contributed by atoms with Crippen molar-refractivity contribution in [2.24, 2.45) is 35.5 Å². The molecule has 0 radical (unpaired) electrons. The van der Waals surface area contributed by atoms with Gasteiger partial charge in [-0.1, -0.05) is 24.8 Å². The van der Waals surface area contributed by atoms with E-state index in [9.17, 15) is 9.90 Å².